The minimum absolute atomic E-state index is 0.262. The smallest absolute Gasteiger partial charge is 0.308 e. The highest BCUT2D eigenvalue weighted by Crippen LogP contribution is 2.29. The van der Waals surface area contributed by atoms with Crippen molar-refractivity contribution in [1.29, 1.82) is 0 Å². The lowest BCUT2D eigenvalue weighted by atomic mass is 9.85. The Bertz CT molecular complexity index is 805. The van der Waals surface area contributed by atoms with Gasteiger partial charge in [0.05, 0.1) is 11.3 Å². The first-order valence-corrected chi connectivity index (χ1v) is 7.28. The molecule has 2 N–H and O–H groups in total. The summed E-state index contributed by atoms with van der Waals surface area (Å²) in [5.74, 6) is -0.735. The first-order valence-electron chi connectivity index (χ1n) is 7.28. The summed E-state index contributed by atoms with van der Waals surface area (Å²) in [5.41, 5.74) is 3.49. The Balaban J connectivity index is 1.87. The molecule has 4 heteroatoms. The Labute approximate surface area is 122 Å². The summed E-state index contributed by atoms with van der Waals surface area (Å²) in [7, 11) is 0. The van der Waals surface area contributed by atoms with E-state index in [-0.39, 0.29) is 11.8 Å². The van der Waals surface area contributed by atoms with Crippen LogP contribution in [0.5, 0.6) is 0 Å². The molecule has 2 unspecified atom stereocenters. The highest BCUT2D eigenvalue weighted by molar-refractivity contribution is 5.72. The van der Waals surface area contributed by atoms with Gasteiger partial charge in [-0.1, -0.05) is 12.2 Å². The quantitative estimate of drug-likeness (QED) is 0.810. The molecule has 0 spiro atoms. The first kappa shape index (κ1) is 12.4. The number of carboxylic acid groups (broad SMARTS) is 1. The van der Waals surface area contributed by atoms with Gasteiger partial charge >= 0.3 is 5.97 Å². The number of allylic oxidation sites excluding steroid dienone is 1. The topological polar surface area (TPSA) is 61.7 Å². The molecule has 0 saturated carbocycles. The van der Waals surface area contributed by atoms with Gasteiger partial charge in [-0.15, -0.1) is 0 Å². The van der Waals surface area contributed by atoms with Crippen molar-refractivity contribution in [3.8, 4) is 0 Å². The minimum Gasteiger partial charge on any atom is -0.481 e. The average molecular weight is 280 g/mol. The lowest BCUT2D eigenvalue weighted by Crippen LogP contribution is -2.40. The fourth-order valence-electron chi connectivity index (χ4n) is 3.43. The monoisotopic (exact) mass is 280 g/mol. The highest BCUT2D eigenvalue weighted by Gasteiger charge is 2.30. The Morgan fingerprint density at radius 2 is 2.19 bits per heavy atom. The molecule has 4 rings (SSSR count). The van der Waals surface area contributed by atoms with Crippen molar-refractivity contribution in [2.75, 3.05) is 6.54 Å². The van der Waals surface area contributed by atoms with E-state index in [0.29, 0.717) is 13.0 Å². The number of piperidine rings is 1. The van der Waals surface area contributed by atoms with Gasteiger partial charge in [-0.3, -0.25) is 9.79 Å². The Morgan fingerprint density at radius 3 is 3.05 bits per heavy atom. The summed E-state index contributed by atoms with van der Waals surface area (Å²) < 4.78 is 0. The summed E-state index contributed by atoms with van der Waals surface area (Å²) in [6.45, 7) is 0.512. The van der Waals surface area contributed by atoms with Crippen molar-refractivity contribution in [1.82, 2.24) is 5.32 Å². The number of carbonyl (C=O) groups is 1. The van der Waals surface area contributed by atoms with E-state index in [1.807, 2.05) is 12.3 Å². The molecule has 2 heterocycles. The molecule has 1 fully saturated rings. The standard InChI is InChI=1S/C17H16N2O2/c20-17(21)13-6-12-3-1-2-10-8-15-11(4-5-18-15)7-14(10)16(12)19-9-13/h1-2,4-5,7-8,12-13,19H,3,6,9H2,(H,20,21). The Kier molecular flexibility index (Phi) is 2.70. The third-order valence-corrected chi connectivity index (χ3v) is 4.54. The molecule has 1 aromatic carbocycles. The van der Waals surface area contributed by atoms with Gasteiger partial charge in [-0.2, -0.15) is 0 Å². The van der Waals surface area contributed by atoms with Gasteiger partial charge in [-0.25, -0.2) is 0 Å². The molecule has 106 valence electrons. The number of nitrogens with one attached hydrogen (secondary N) is 1. The van der Waals surface area contributed by atoms with Crippen molar-refractivity contribution >= 4 is 23.8 Å². The van der Waals surface area contributed by atoms with Crippen LogP contribution in [-0.4, -0.2) is 17.6 Å². The van der Waals surface area contributed by atoms with Crippen LogP contribution in [0.1, 0.15) is 24.0 Å². The molecule has 0 amide bonds. The van der Waals surface area contributed by atoms with Crippen LogP contribution >= 0.6 is 0 Å². The summed E-state index contributed by atoms with van der Waals surface area (Å²) >= 11 is 0. The number of hydrogen-bond donors (Lipinski definition) is 2. The number of aliphatic carboxylic acids is 1. The molecule has 3 aliphatic rings. The number of fused-ring (bicyclic) bond motifs is 3. The van der Waals surface area contributed by atoms with Crippen molar-refractivity contribution < 1.29 is 9.90 Å². The zero-order valence-corrected chi connectivity index (χ0v) is 11.5. The molecule has 21 heavy (non-hydrogen) atoms. The SMILES string of the molecule is O=C(O)C1CNC2=c3cc4c(cc3C=CCC2C1)=NC=C4. The molecule has 0 radical (unpaired) electrons. The lowest BCUT2D eigenvalue weighted by molar-refractivity contribution is -0.142. The minimum atomic E-state index is -0.703. The lowest BCUT2D eigenvalue weighted by Gasteiger charge is -2.30. The van der Waals surface area contributed by atoms with E-state index < -0.39 is 5.97 Å². The van der Waals surface area contributed by atoms with Crippen LogP contribution in [0.3, 0.4) is 0 Å². The van der Waals surface area contributed by atoms with Gasteiger partial charge in [-0.05, 0) is 36.6 Å². The van der Waals surface area contributed by atoms with Crippen molar-refractivity contribution in [3.05, 3.63) is 46.1 Å². The number of hydrogen-bond acceptors (Lipinski definition) is 3. The van der Waals surface area contributed by atoms with E-state index >= 15 is 0 Å². The third kappa shape index (κ3) is 1.98. The van der Waals surface area contributed by atoms with Crippen LogP contribution in [0.15, 0.2) is 29.4 Å². The maximum atomic E-state index is 11.2. The van der Waals surface area contributed by atoms with E-state index in [0.717, 1.165) is 17.3 Å². The fraction of sp³-hybridized carbons (Fsp3) is 0.294. The highest BCUT2D eigenvalue weighted by atomic mass is 16.4. The van der Waals surface area contributed by atoms with E-state index in [1.54, 1.807) is 0 Å². The second kappa shape index (κ2) is 4.58. The molecule has 0 bridgehead atoms. The van der Waals surface area contributed by atoms with E-state index in [4.69, 9.17) is 0 Å². The molecule has 1 saturated heterocycles. The number of carboxylic acids is 1. The third-order valence-electron chi connectivity index (χ3n) is 4.54. The Morgan fingerprint density at radius 1 is 1.29 bits per heavy atom. The predicted octanol–water partition coefficient (Wildman–Crippen LogP) is 1.13. The number of rotatable bonds is 1. The fourth-order valence-corrected chi connectivity index (χ4v) is 3.43. The van der Waals surface area contributed by atoms with Gasteiger partial charge in [0.15, 0.2) is 0 Å². The first-order chi connectivity index (χ1) is 10.2. The second-order valence-electron chi connectivity index (χ2n) is 5.84. The molecule has 1 aliphatic carbocycles. The summed E-state index contributed by atoms with van der Waals surface area (Å²) in [6, 6.07) is 4.28. The number of benzene rings is 1. The van der Waals surface area contributed by atoms with Crippen LogP contribution < -0.4 is 15.9 Å². The largest absolute Gasteiger partial charge is 0.481 e. The average Bonchev–Trinajstić information content (AvgIpc) is 2.85. The van der Waals surface area contributed by atoms with Gasteiger partial charge in [0.2, 0.25) is 0 Å². The van der Waals surface area contributed by atoms with Crippen LogP contribution in [0.25, 0.3) is 17.8 Å². The van der Waals surface area contributed by atoms with Gasteiger partial charge in [0, 0.05) is 35.1 Å². The molecule has 2 atom stereocenters. The Hall–Kier alpha value is -2.36. The molecular weight excluding hydrogens is 264 g/mol. The van der Waals surface area contributed by atoms with E-state index in [2.05, 4.69) is 34.6 Å². The predicted molar refractivity (Wildman–Crippen MR) is 80.6 cm³/mol. The summed E-state index contributed by atoms with van der Waals surface area (Å²) in [4.78, 5) is 15.6. The van der Waals surface area contributed by atoms with Crippen molar-refractivity contribution in [2.45, 2.75) is 12.8 Å². The van der Waals surface area contributed by atoms with Crippen LogP contribution in [0, 0.1) is 11.8 Å². The van der Waals surface area contributed by atoms with Gasteiger partial charge in [0.25, 0.3) is 0 Å². The van der Waals surface area contributed by atoms with Gasteiger partial charge in [0.1, 0.15) is 0 Å². The molecule has 2 aliphatic heterocycles. The maximum absolute atomic E-state index is 11.2. The van der Waals surface area contributed by atoms with Crippen molar-refractivity contribution in [2.24, 2.45) is 16.8 Å². The van der Waals surface area contributed by atoms with Gasteiger partial charge < -0.3 is 10.4 Å². The maximum Gasteiger partial charge on any atom is 0.308 e. The second-order valence-corrected chi connectivity index (χ2v) is 5.84. The molecule has 0 aromatic heterocycles. The molecular formula is C17H16N2O2. The summed E-state index contributed by atoms with van der Waals surface area (Å²) in [5, 5.41) is 14.8. The van der Waals surface area contributed by atoms with E-state index in [1.165, 1.54) is 16.5 Å². The number of nitrogens with zero attached hydrogens (tertiary/aromatic N) is 1. The molecule has 4 nitrogen and oxygen atoms in total. The van der Waals surface area contributed by atoms with Crippen molar-refractivity contribution in [3.63, 3.8) is 0 Å². The van der Waals surface area contributed by atoms with Crippen LogP contribution in [0.4, 0.5) is 0 Å². The van der Waals surface area contributed by atoms with E-state index in [9.17, 15) is 9.90 Å². The van der Waals surface area contributed by atoms with Crippen LogP contribution in [0.2, 0.25) is 0 Å². The zero-order chi connectivity index (χ0) is 14.4. The molecule has 1 aromatic rings. The zero-order valence-electron chi connectivity index (χ0n) is 11.5. The normalized spacial score (nSPS) is 25.2. The van der Waals surface area contributed by atoms with Crippen LogP contribution in [-0.2, 0) is 4.79 Å². The summed E-state index contributed by atoms with van der Waals surface area (Å²) in [6.07, 6.45) is 9.72.